The van der Waals surface area contributed by atoms with Crippen molar-refractivity contribution in [3.63, 3.8) is 0 Å². The van der Waals surface area contributed by atoms with E-state index in [2.05, 4.69) is 30.2 Å². The third kappa shape index (κ3) is 3.76. The van der Waals surface area contributed by atoms with Gasteiger partial charge in [0.25, 0.3) is 0 Å². The van der Waals surface area contributed by atoms with Gasteiger partial charge in [-0.2, -0.15) is 5.26 Å². The van der Waals surface area contributed by atoms with Gasteiger partial charge in [0.05, 0.1) is 29.7 Å². The van der Waals surface area contributed by atoms with E-state index in [9.17, 15) is 9.59 Å². The maximum atomic E-state index is 14.3. The van der Waals surface area contributed by atoms with E-state index in [4.69, 9.17) is 5.26 Å². The molecule has 5 rings (SSSR count). The molecule has 0 radical (unpaired) electrons. The number of unbranched alkanes of at least 4 members (excludes halogenated alkanes) is 1. The number of rotatable bonds is 7. The fraction of sp³-hybridized carbons (Fsp3) is 0.393. The second kappa shape index (κ2) is 9.23. The van der Waals surface area contributed by atoms with Gasteiger partial charge in [-0.15, -0.1) is 5.10 Å². The molecule has 1 unspecified atom stereocenters. The Morgan fingerprint density at radius 3 is 2.67 bits per heavy atom. The molecule has 8 heteroatoms. The van der Waals surface area contributed by atoms with Crippen LogP contribution in [0, 0.1) is 17.2 Å². The van der Waals surface area contributed by atoms with Crippen molar-refractivity contribution in [2.24, 2.45) is 5.92 Å². The molecular formula is C28H30N6O2. The van der Waals surface area contributed by atoms with Crippen molar-refractivity contribution < 1.29 is 9.59 Å². The number of anilines is 1. The van der Waals surface area contributed by atoms with Gasteiger partial charge >= 0.3 is 0 Å². The SMILES string of the molecule is CC(C)CN1C(=O)[C@@]2(CC(=O)N(C)C2c2ccccc2)c2cc(-n3cc(CCCC#N)nn3)ccc21. The van der Waals surface area contributed by atoms with Gasteiger partial charge < -0.3 is 9.80 Å². The van der Waals surface area contributed by atoms with Crippen LogP contribution in [0.15, 0.2) is 54.7 Å². The number of carbonyl (C=O) groups is 2. The third-order valence-electron chi connectivity index (χ3n) is 7.25. The summed E-state index contributed by atoms with van der Waals surface area (Å²) in [6.45, 7) is 4.77. The molecule has 1 spiro atoms. The normalized spacial score (nSPS) is 21.0. The number of carbonyl (C=O) groups excluding carboxylic acids is 2. The maximum Gasteiger partial charge on any atom is 0.240 e. The van der Waals surface area contributed by atoms with Gasteiger partial charge in [0.2, 0.25) is 11.8 Å². The monoisotopic (exact) mass is 482 g/mol. The predicted octanol–water partition coefficient (Wildman–Crippen LogP) is 3.96. The van der Waals surface area contributed by atoms with E-state index in [1.807, 2.05) is 59.6 Å². The van der Waals surface area contributed by atoms with Crippen LogP contribution in [0.2, 0.25) is 0 Å². The second-order valence-corrected chi connectivity index (χ2v) is 10.1. The van der Waals surface area contributed by atoms with Gasteiger partial charge in [0.1, 0.15) is 5.41 Å². The summed E-state index contributed by atoms with van der Waals surface area (Å²) in [6.07, 6.45) is 3.88. The Labute approximate surface area is 211 Å². The number of benzene rings is 2. The first-order valence-corrected chi connectivity index (χ1v) is 12.4. The predicted molar refractivity (Wildman–Crippen MR) is 135 cm³/mol. The van der Waals surface area contributed by atoms with Crippen molar-refractivity contribution in [2.45, 2.75) is 51.0 Å². The van der Waals surface area contributed by atoms with Crippen LogP contribution < -0.4 is 4.90 Å². The molecule has 1 aromatic heterocycles. The van der Waals surface area contributed by atoms with Crippen LogP contribution in [0.25, 0.3) is 5.69 Å². The molecule has 2 aliphatic rings. The molecule has 2 aromatic carbocycles. The maximum absolute atomic E-state index is 14.3. The van der Waals surface area contributed by atoms with Gasteiger partial charge in [-0.1, -0.05) is 49.4 Å². The zero-order chi connectivity index (χ0) is 25.4. The third-order valence-corrected chi connectivity index (χ3v) is 7.25. The zero-order valence-electron chi connectivity index (χ0n) is 20.9. The first-order valence-electron chi connectivity index (χ1n) is 12.4. The highest BCUT2D eigenvalue weighted by atomic mass is 16.2. The molecule has 1 fully saturated rings. The Morgan fingerprint density at radius 1 is 1.17 bits per heavy atom. The molecule has 1 saturated heterocycles. The summed E-state index contributed by atoms with van der Waals surface area (Å²) in [5.74, 6) is 0.207. The number of aryl methyl sites for hydroxylation is 1. The first-order chi connectivity index (χ1) is 17.4. The van der Waals surface area contributed by atoms with Crippen molar-refractivity contribution in [3.8, 4) is 11.8 Å². The van der Waals surface area contributed by atoms with Crippen LogP contribution in [0.1, 0.15) is 56.0 Å². The van der Waals surface area contributed by atoms with Crippen LogP contribution in [-0.4, -0.2) is 45.3 Å². The Morgan fingerprint density at radius 2 is 1.94 bits per heavy atom. The van der Waals surface area contributed by atoms with E-state index < -0.39 is 11.5 Å². The molecular weight excluding hydrogens is 452 g/mol. The summed E-state index contributed by atoms with van der Waals surface area (Å²) in [6, 6.07) is 17.5. The first kappa shape index (κ1) is 23.7. The summed E-state index contributed by atoms with van der Waals surface area (Å²) in [4.78, 5) is 31.1. The van der Waals surface area contributed by atoms with E-state index in [-0.39, 0.29) is 24.2 Å². The zero-order valence-corrected chi connectivity index (χ0v) is 20.9. The summed E-state index contributed by atoms with van der Waals surface area (Å²) in [5, 5.41) is 17.4. The Bertz CT molecular complexity index is 1340. The largest absolute Gasteiger partial charge is 0.337 e. The molecule has 0 saturated carbocycles. The van der Waals surface area contributed by atoms with E-state index in [1.54, 1.807) is 16.6 Å². The number of hydrogen-bond acceptors (Lipinski definition) is 5. The molecule has 0 aliphatic carbocycles. The Hall–Kier alpha value is -3.99. The highest BCUT2D eigenvalue weighted by Gasteiger charge is 2.62. The van der Waals surface area contributed by atoms with Gasteiger partial charge in [-0.3, -0.25) is 9.59 Å². The number of likely N-dealkylation sites (N-methyl/N-ethyl adjacent to an activating group) is 1. The van der Waals surface area contributed by atoms with E-state index in [1.165, 1.54) is 0 Å². The lowest BCUT2D eigenvalue weighted by Crippen LogP contribution is -2.45. The summed E-state index contributed by atoms with van der Waals surface area (Å²) < 4.78 is 1.71. The van der Waals surface area contributed by atoms with Crippen LogP contribution >= 0.6 is 0 Å². The molecule has 36 heavy (non-hydrogen) atoms. The van der Waals surface area contributed by atoms with Crippen molar-refractivity contribution in [3.05, 3.63) is 71.5 Å². The fourth-order valence-corrected chi connectivity index (χ4v) is 5.67. The van der Waals surface area contributed by atoms with Crippen molar-refractivity contribution in [2.75, 3.05) is 18.5 Å². The minimum absolute atomic E-state index is 0.0225. The van der Waals surface area contributed by atoms with Crippen molar-refractivity contribution >= 4 is 17.5 Å². The van der Waals surface area contributed by atoms with Gasteiger partial charge in [-0.25, -0.2) is 4.68 Å². The van der Waals surface area contributed by atoms with E-state index in [0.29, 0.717) is 19.4 Å². The van der Waals surface area contributed by atoms with E-state index in [0.717, 1.165) is 34.6 Å². The number of fused-ring (bicyclic) bond motifs is 2. The minimum Gasteiger partial charge on any atom is -0.337 e. The summed E-state index contributed by atoms with van der Waals surface area (Å²) in [7, 11) is 1.79. The van der Waals surface area contributed by atoms with E-state index >= 15 is 0 Å². The Kier molecular flexibility index (Phi) is 6.09. The molecule has 8 nitrogen and oxygen atoms in total. The average molecular weight is 483 g/mol. The number of hydrogen-bond donors (Lipinski definition) is 0. The van der Waals surface area contributed by atoms with Gasteiger partial charge in [0.15, 0.2) is 0 Å². The number of nitriles is 1. The fourth-order valence-electron chi connectivity index (χ4n) is 5.67. The number of likely N-dealkylation sites (tertiary alicyclic amines) is 1. The smallest absolute Gasteiger partial charge is 0.240 e. The molecule has 2 amide bonds. The lowest BCUT2D eigenvalue weighted by molar-refractivity contribution is -0.128. The highest BCUT2D eigenvalue weighted by molar-refractivity contribution is 6.12. The number of aromatic nitrogens is 3. The number of amides is 2. The standard InChI is InChI=1S/C28H30N6O2/c1-19(2)17-33-24-13-12-22(34-18-21(30-31-34)11-7-8-14-29)15-23(24)28(27(33)36)16-25(35)32(3)26(28)20-9-5-4-6-10-20/h4-6,9-10,12-13,15,18-19,26H,7-8,11,16-17H2,1-3H3/t26?,28-/m0/s1. The molecule has 184 valence electrons. The van der Waals surface area contributed by atoms with Gasteiger partial charge in [0, 0.05) is 32.1 Å². The average Bonchev–Trinajstić information content (AvgIpc) is 3.51. The second-order valence-electron chi connectivity index (χ2n) is 10.1. The van der Waals surface area contributed by atoms with Crippen molar-refractivity contribution in [1.82, 2.24) is 19.9 Å². The topological polar surface area (TPSA) is 95.1 Å². The van der Waals surface area contributed by atoms with Crippen LogP contribution in [-0.2, 0) is 21.4 Å². The molecule has 2 aliphatic heterocycles. The molecule has 3 heterocycles. The minimum atomic E-state index is -1.01. The molecule has 3 aromatic rings. The lowest BCUT2D eigenvalue weighted by atomic mass is 9.72. The molecule has 0 N–H and O–H groups in total. The molecule has 0 bridgehead atoms. The van der Waals surface area contributed by atoms with Crippen LogP contribution in [0.4, 0.5) is 5.69 Å². The van der Waals surface area contributed by atoms with Gasteiger partial charge in [-0.05, 0) is 48.1 Å². The molecule has 2 atom stereocenters. The lowest BCUT2D eigenvalue weighted by Gasteiger charge is -2.33. The van der Waals surface area contributed by atoms with Crippen LogP contribution in [0.5, 0.6) is 0 Å². The Balaban J connectivity index is 1.64. The van der Waals surface area contributed by atoms with Crippen molar-refractivity contribution in [1.29, 1.82) is 5.26 Å². The summed E-state index contributed by atoms with van der Waals surface area (Å²) in [5.41, 5.74) is 3.26. The number of nitrogens with zero attached hydrogens (tertiary/aromatic N) is 6. The van der Waals surface area contributed by atoms with Crippen LogP contribution in [0.3, 0.4) is 0 Å². The quantitative estimate of drug-likeness (QED) is 0.475. The summed E-state index contributed by atoms with van der Waals surface area (Å²) >= 11 is 0. The highest BCUT2D eigenvalue weighted by Crippen LogP contribution is 2.57.